The van der Waals surface area contributed by atoms with Crippen LogP contribution in [0.15, 0.2) is 36.4 Å². The number of amides is 2. The van der Waals surface area contributed by atoms with Gasteiger partial charge in [0.25, 0.3) is 5.91 Å². The van der Waals surface area contributed by atoms with Crippen LogP contribution in [0.1, 0.15) is 35.1 Å². The molecule has 2 rings (SSSR count). The summed E-state index contributed by atoms with van der Waals surface area (Å²) in [6.45, 7) is 3.93. The number of thiophene rings is 1. The minimum atomic E-state index is -0.520. The van der Waals surface area contributed by atoms with E-state index in [9.17, 15) is 9.59 Å². The Morgan fingerprint density at radius 3 is 2.48 bits per heavy atom. The van der Waals surface area contributed by atoms with Gasteiger partial charge in [-0.2, -0.15) is 0 Å². The normalized spacial score (nSPS) is 11.6. The summed E-state index contributed by atoms with van der Waals surface area (Å²) in [6.07, 6.45) is -0.520. The molecule has 0 aliphatic rings. The molecule has 1 unspecified atom stereocenters. The lowest BCUT2D eigenvalue weighted by molar-refractivity contribution is 0.0940. The van der Waals surface area contributed by atoms with E-state index < -0.39 is 6.09 Å². The van der Waals surface area contributed by atoms with Crippen molar-refractivity contribution >= 4 is 40.6 Å². The first-order valence-electron chi connectivity index (χ1n) is 7.09. The Morgan fingerprint density at radius 2 is 1.91 bits per heavy atom. The zero-order valence-electron chi connectivity index (χ0n) is 12.8. The monoisotopic (exact) mass is 352 g/mol. The lowest BCUT2D eigenvalue weighted by atomic mass is 10.1. The van der Waals surface area contributed by atoms with Crippen LogP contribution in [0, 0.1) is 0 Å². The highest BCUT2D eigenvalue weighted by molar-refractivity contribution is 7.16. The molecule has 0 saturated carbocycles. The predicted octanol–water partition coefficient (Wildman–Crippen LogP) is 4.46. The van der Waals surface area contributed by atoms with Gasteiger partial charge in [0, 0.05) is 16.1 Å². The summed E-state index contributed by atoms with van der Waals surface area (Å²) in [4.78, 5) is 24.5. The lowest BCUT2D eigenvalue weighted by Gasteiger charge is -2.12. The van der Waals surface area contributed by atoms with Crippen LogP contribution < -0.4 is 10.6 Å². The molecule has 2 N–H and O–H groups in total. The van der Waals surface area contributed by atoms with Crippen LogP contribution in [0.5, 0.6) is 0 Å². The second kappa shape index (κ2) is 7.99. The van der Waals surface area contributed by atoms with Crippen molar-refractivity contribution in [1.29, 1.82) is 0 Å². The zero-order valence-corrected chi connectivity index (χ0v) is 14.3. The molecule has 1 atom stereocenters. The van der Waals surface area contributed by atoms with E-state index in [4.69, 9.17) is 16.3 Å². The molecule has 0 aliphatic heterocycles. The van der Waals surface area contributed by atoms with E-state index in [1.165, 1.54) is 11.3 Å². The van der Waals surface area contributed by atoms with Gasteiger partial charge in [-0.05, 0) is 50.2 Å². The number of halogens is 1. The Kier molecular flexibility index (Phi) is 6.01. The van der Waals surface area contributed by atoms with Gasteiger partial charge < -0.3 is 10.1 Å². The van der Waals surface area contributed by atoms with Crippen molar-refractivity contribution in [2.24, 2.45) is 0 Å². The highest BCUT2D eigenvalue weighted by Crippen LogP contribution is 2.26. The Labute approximate surface area is 143 Å². The van der Waals surface area contributed by atoms with Crippen molar-refractivity contribution in [3.8, 4) is 0 Å². The van der Waals surface area contributed by atoms with Gasteiger partial charge in [0.05, 0.1) is 17.0 Å². The van der Waals surface area contributed by atoms with Crippen LogP contribution in [0.2, 0.25) is 4.34 Å². The highest BCUT2D eigenvalue weighted by atomic mass is 35.5. The first-order valence-corrected chi connectivity index (χ1v) is 8.29. The standard InChI is InChI=1S/C16H17ClN2O3S/c1-3-22-16(21)19-12-6-4-11(5-7-12)15(20)18-10(2)13-8-9-14(17)23-13/h4-10H,3H2,1-2H3,(H,18,20)(H,19,21). The molecule has 5 nitrogen and oxygen atoms in total. The largest absolute Gasteiger partial charge is 0.450 e. The quantitative estimate of drug-likeness (QED) is 0.834. The summed E-state index contributed by atoms with van der Waals surface area (Å²) in [5, 5.41) is 5.48. The maximum atomic E-state index is 12.2. The van der Waals surface area contributed by atoms with Crippen LogP contribution >= 0.6 is 22.9 Å². The number of nitrogens with one attached hydrogen (secondary N) is 2. The molecule has 7 heteroatoms. The van der Waals surface area contributed by atoms with Gasteiger partial charge in [0.15, 0.2) is 0 Å². The Balaban J connectivity index is 1.96. The maximum Gasteiger partial charge on any atom is 0.411 e. The third-order valence-corrected chi connectivity index (χ3v) is 4.45. The van der Waals surface area contributed by atoms with E-state index in [1.54, 1.807) is 37.3 Å². The molecular weight excluding hydrogens is 336 g/mol. The molecule has 0 saturated heterocycles. The minimum Gasteiger partial charge on any atom is -0.450 e. The summed E-state index contributed by atoms with van der Waals surface area (Å²) in [7, 11) is 0. The average Bonchev–Trinajstić information content (AvgIpc) is 2.95. The Morgan fingerprint density at radius 1 is 1.22 bits per heavy atom. The van der Waals surface area contributed by atoms with E-state index in [0.29, 0.717) is 22.2 Å². The topological polar surface area (TPSA) is 67.4 Å². The minimum absolute atomic E-state index is 0.127. The first-order chi connectivity index (χ1) is 11.0. The van der Waals surface area contributed by atoms with E-state index in [1.807, 2.05) is 13.0 Å². The molecule has 0 radical (unpaired) electrons. The number of anilines is 1. The fourth-order valence-electron chi connectivity index (χ4n) is 1.90. The van der Waals surface area contributed by atoms with Crippen molar-refractivity contribution < 1.29 is 14.3 Å². The highest BCUT2D eigenvalue weighted by Gasteiger charge is 2.13. The van der Waals surface area contributed by atoms with Gasteiger partial charge >= 0.3 is 6.09 Å². The molecule has 2 amide bonds. The number of rotatable bonds is 5. The fraction of sp³-hybridized carbons (Fsp3) is 0.250. The van der Waals surface area contributed by atoms with E-state index in [-0.39, 0.29) is 11.9 Å². The van der Waals surface area contributed by atoms with Crippen LogP contribution in [-0.2, 0) is 4.74 Å². The SMILES string of the molecule is CCOC(=O)Nc1ccc(C(=O)NC(C)c2ccc(Cl)s2)cc1. The van der Waals surface area contributed by atoms with Crippen molar-refractivity contribution in [1.82, 2.24) is 5.32 Å². The van der Waals surface area contributed by atoms with Gasteiger partial charge in [-0.15, -0.1) is 11.3 Å². The summed E-state index contributed by atoms with van der Waals surface area (Å²) >= 11 is 7.34. The number of carbonyl (C=O) groups is 2. The molecule has 23 heavy (non-hydrogen) atoms. The third-order valence-electron chi connectivity index (χ3n) is 3.04. The predicted molar refractivity (Wildman–Crippen MR) is 92.3 cm³/mol. The molecule has 0 bridgehead atoms. The Bertz CT molecular complexity index is 685. The van der Waals surface area contributed by atoms with Gasteiger partial charge in [-0.3, -0.25) is 10.1 Å². The number of benzene rings is 1. The van der Waals surface area contributed by atoms with E-state index in [0.717, 1.165) is 4.88 Å². The van der Waals surface area contributed by atoms with Crippen LogP contribution in [0.4, 0.5) is 10.5 Å². The summed E-state index contributed by atoms with van der Waals surface area (Å²) in [5.41, 5.74) is 1.08. The van der Waals surface area contributed by atoms with Crippen LogP contribution in [-0.4, -0.2) is 18.6 Å². The average molecular weight is 353 g/mol. The molecule has 1 heterocycles. The van der Waals surface area contributed by atoms with Crippen molar-refractivity contribution in [3.05, 3.63) is 51.2 Å². The molecule has 0 fully saturated rings. The lowest BCUT2D eigenvalue weighted by Crippen LogP contribution is -2.26. The smallest absolute Gasteiger partial charge is 0.411 e. The number of hydrogen-bond acceptors (Lipinski definition) is 4. The van der Waals surface area contributed by atoms with Crippen molar-refractivity contribution in [2.75, 3.05) is 11.9 Å². The molecule has 1 aromatic carbocycles. The summed E-state index contributed by atoms with van der Waals surface area (Å²) in [5.74, 6) is -0.190. The molecule has 0 spiro atoms. The molecule has 1 aromatic heterocycles. The van der Waals surface area contributed by atoms with Crippen LogP contribution in [0.25, 0.3) is 0 Å². The van der Waals surface area contributed by atoms with Gasteiger partial charge in [0.1, 0.15) is 0 Å². The van der Waals surface area contributed by atoms with E-state index in [2.05, 4.69) is 10.6 Å². The van der Waals surface area contributed by atoms with Crippen molar-refractivity contribution in [3.63, 3.8) is 0 Å². The molecular formula is C16H17ClN2O3S. The number of carbonyl (C=O) groups excluding carboxylic acids is 2. The second-order valence-corrected chi connectivity index (χ2v) is 6.51. The molecule has 0 aliphatic carbocycles. The maximum absolute atomic E-state index is 12.2. The summed E-state index contributed by atoms with van der Waals surface area (Å²) in [6, 6.07) is 10.2. The van der Waals surface area contributed by atoms with Crippen molar-refractivity contribution in [2.45, 2.75) is 19.9 Å². The number of hydrogen-bond donors (Lipinski definition) is 2. The first kappa shape index (κ1) is 17.3. The Hall–Kier alpha value is -2.05. The van der Waals surface area contributed by atoms with Gasteiger partial charge in [0.2, 0.25) is 0 Å². The fourth-order valence-corrected chi connectivity index (χ4v) is 2.97. The third kappa shape index (κ3) is 4.97. The van der Waals surface area contributed by atoms with Gasteiger partial charge in [-0.25, -0.2) is 4.79 Å². The summed E-state index contributed by atoms with van der Waals surface area (Å²) < 4.78 is 5.48. The molecule has 122 valence electrons. The number of ether oxygens (including phenoxy) is 1. The molecule has 2 aromatic rings. The van der Waals surface area contributed by atoms with E-state index >= 15 is 0 Å². The van der Waals surface area contributed by atoms with Gasteiger partial charge in [-0.1, -0.05) is 11.6 Å². The second-order valence-electron chi connectivity index (χ2n) is 4.76. The van der Waals surface area contributed by atoms with Crippen LogP contribution in [0.3, 0.4) is 0 Å². The zero-order chi connectivity index (χ0) is 16.8.